The molecule has 0 saturated carbocycles. The molecule has 0 aliphatic carbocycles. The molecule has 0 aliphatic rings. The number of aliphatic hydroxyl groups is 1. The fourth-order valence-corrected chi connectivity index (χ4v) is 1.14. The van der Waals surface area contributed by atoms with Crippen molar-refractivity contribution in [2.45, 2.75) is 6.92 Å². The van der Waals surface area contributed by atoms with Gasteiger partial charge in [-0.1, -0.05) is 0 Å². The number of esters is 1. The van der Waals surface area contributed by atoms with Crippen LogP contribution < -0.4 is 0 Å². The standard InChI is InChI=1S/C10H9NO3.C4H11NO/c1-2-14-10(13)8-3-5-9(6-4-8)11-7-12;1-5(2)3-4-6/h3-6H,2H2,1H3;6H,3-4H2,1-2H3. The molecule has 0 aliphatic heterocycles. The first kappa shape index (κ1) is 18.0. The second-order valence-electron chi connectivity index (χ2n) is 4.00. The lowest BCUT2D eigenvalue weighted by molar-refractivity contribution is 0.0526. The van der Waals surface area contributed by atoms with Crippen LogP contribution >= 0.6 is 0 Å². The van der Waals surface area contributed by atoms with E-state index in [0.29, 0.717) is 17.9 Å². The van der Waals surface area contributed by atoms with Crippen LogP contribution in [0.3, 0.4) is 0 Å². The summed E-state index contributed by atoms with van der Waals surface area (Å²) in [5.41, 5.74) is 0.907. The van der Waals surface area contributed by atoms with Crippen LogP contribution in [0.5, 0.6) is 0 Å². The van der Waals surface area contributed by atoms with Gasteiger partial charge in [-0.05, 0) is 45.3 Å². The molecular formula is C14H20N2O4. The summed E-state index contributed by atoms with van der Waals surface area (Å²) in [4.78, 5) is 26.4. The summed E-state index contributed by atoms with van der Waals surface area (Å²) in [6.45, 7) is 3.10. The summed E-state index contributed by atoms with van der Waals surface area (Å²) in [5.74, 6) is -0.380. The van der Waals surface area contributed by atoms with E-state index < -0.39 is 0 Å². The van der Waals surface area contributed by atoms with Crippen LogP contribution in [0.4, 0.5) is 5.69 Å². The molecule has 0 saturated heterocycles. The van der Waals surface area contributed by atoms with Crippen LogP contribution in [-0.2, 0) is 9.53 Å². The van der Waals surface area contributed by atoms with Crippen molar-refractivity contribution in [3.05, 3.63) is 29.8 Å². The number of carbonyl (C=O) groups is 1. The Bertz CT molecular complexity index is 437. The lowest BCUT2D eigenvalue weighted by Gasteiger charge is -2.03. The van der Waals surface area contributed by atoms with Gasteiger partial charge in [-0.25, -0.2) is 9.59 Å². The molecule has 6 heteroatoms. The molecule has 0 atom stereocenters. The van der Waals surface area contributed by atoms with Gasteiger partial charge >= 0.3 is 5.97 Å². The maximum atomic E-state index is 11.2. The van der Waals surface area contributed by atoms with Gasteiger partial charge in [0.15, 0.2) is 0 Å². The number of benzene rings is 1. The summed E-state index contributed by atoms with van der Waals surface area (Å²) in [6.07, 6.45) is 1.42. The van der Waals surface area contributed by atoms with Crippen molar-refractivity contribution < 1.29 is 19.4 Å². The van der Waals surface area contributed by atoms with E-state index in [1.165, 1.54) is 6.08 Å². The molecule has 0 spiro atoms. The van der Waals surface area contributed by atoms with Crippen molar-refractivity contribution in [1.82, 2.24) is 4.90 Å². The Morgan fingerprint density at radius 1 is 1.35 bits per heavy atom. The van der Waals surface area contributed by atoms with Crippen LogP contribution in [0, 0.1) is 0 Å². The van der Waals surface area contributed by atoms with E-state index in [-0.39, 0.29) is 12.6 Å². The van der Waals surface area contributed by atoms with Crippen molar-refractivity contribution in [2.75, 3.05) is 33.9 Å². The molecule has 6 nitrogen and oxygen atoms in total. The highest BCUT2D eigenvalue weighted by atomic mass is 16.5. The maximum Gasteiger partial charge on any atom is 0.338 e. The maximum absolute atomic E-state index is 11.2. The van der Waals surface area contributed by atoms with Crippen molar-refractivity contribution >= 4 is 17.7 Å². The lowest BCUT2D eigenvalue weighted by atomic mass is 10.2. The van der Waals surface area contributed by atoms with Crippen molar-refractivity contribution in [3.63, 3.8) is 0 Å². The van der Waals surface area contributed by atoms with Crippen molar-refractivity contribution in [1.29, 1.82) is 0 Å². The molecule has 0 bridgehead atoms. The Kier molecular flexibility index (Phi) is 9.78. The fourth-order valence-electron chi connectivity index (χ4n) is 1.14. The molecule has 110 valence electrons. The van der Waals surface area contributed by atoms with Crippen LogP contribution in [-0.4, -0.2) is 55.9 Å². The summed E-state index contributed by atoms with van der Waals surface area (Å²) < 4.78 is 4.78. The summed E-state index contributed by atoms with van der Waals surface area (Å²) >= 11 is 0. The summed E-state index contributed by atoms with van der Waals surface area (Å²) in [5, 5.41) is 8.20. The van der Waals surface area contributed by atoms with E-state index >= 15 is 0 Å². The molecule has 1 aromatic rings. The molecule has 1 rings (SSSR count). The smallest absolute Gasteiger partial charge is 0.338 e. The highest BCUT2D eigenvalue weighted by Crippen LogP contribution is 2.12. The van der Waals surface area contributed by atoms with Gasteiger partial charge in [0.05, 0.1) is 24.5 Å². The van der Waals surface area contributed by atoms with Gasteiger partial charge in [-0.2, -0.15) is 4.99 Å². The predicted molar refractivity (Wildman–Crippen MR) is 75.8 cm³/mol. The Morgan fingerprint density at radius 2 is 1.95 bits per heavy atom. The largest absolute Gasteiger partial charge is 0.462 e. The molecular weight excluding hydrogens is 260 g/mol. The molecule has 0 amide bonds. The molecule has 1 aromatic carbocycles. The first-order valence-electron chi connectivity index (χ1n) is 6.15. The lowest BCUT2D eigenvalue weighted by Crippen LogP contribution is -2.15. The average Bonchev–Trinajstić information content (AvgIpc) is 2.41. The Balaban J connectivity index is 0.000000511. The van der Waals surface area contributed by atoms with Crippen molar-refractivity contribution in [3.8, 4) is 0 Å². The van der Waals surface area contributed by atoms with Crippen molar-refractivity contribution in [2.24, 2.45) is 4.99 Å². The second kappa shape index (κ2) is 10.9. The van der Waals surface area contributed by atoms with Crippen LogP contribution in [0.15, 0.2) is 29.3 Å². The zero-order chi connectivity index (χ0) is 15.4. The minimum atomic E-state index is -0.380. The third kappa shape index (κ3) is 8.16. The predicted octanol–water partition coefficient (Wildman–Crippen LogP) is 1.37. The number of aliphatic hydroxyl groups excluding tert-OH is 1. The van der Waals surface area contributed by atoms with E-state index in [0.717, 1.165) is 6.54 Å². The van der Waals surface area contributed by atoms with Gasteiger partial charge < -0.3 is 14.7 Å². The summed E-state index contributed by atoms with van der Waals surface area (Å²) in [6, 6.07) is 6.20. The topological polar surface area (TPSA) is 79.2 Å². The highest BCUT2D eigenvalue weighted by Gasteiger charge is 2.04. The monoisotopic (exact) mass is 280 g/mol. The number of hydrogen-bond donors (Lipinski definition) is 1. The fraction of sp³-hybridized carbons (Fsp3) is 0.429. The number of hydrogen-bond acceptors (Lipinski definition) is 6. The van der Waals surface area contributed by atoms with Gasteiger partial charge in [-0.3, -0.25) is 0 Å². The summed E-state index contributed by atoms with van der Waals surface area (Å²) in [7, 11) is 3.85. The van der Waals surface area contributed by atoms with Crippen LogP contribution in [0.2, 0.25) is 0 Å². The third-order valence-corrected chi connectivity index (χ3v) is 2.10. The Hall–Kier alpha value is -2.01. The molecule has 0 unspecified atom stereocenters. The van der Waals surface area contributed by atoms with Gasteiger partial charge in [0, 0.05) is 6.54 Å². The number of isocyanates is 1. The number of nitrogens with zero attached hydrogens (tertiary/aromatic N) is 2. The SMILES string of the molecule is CCOC(=O)c1ccc(N=C=O)cc1.CN(C)CCO. The van der Waals surface area contributed by atoms with E-state index in [9.17, 15) is 9.59 Å². The van der Waals surface area contributed by atoms with E-state index in [1.807, 2.05) is 19.0 Å². The number of ether oxygens (including phenoxy) is 1. The van der Waals surface area contributed by atoms with Crippen LogP contribution in [0.25, 0.3) is 0 Å². The molecule has 0 aromatic heterocycles. The minimum absolute atomic E-state index is 0.257. The first-order chi connectivity index (χ1) is 9.54. The number of carbonyl (C=O) groups excluding carboxylic acids is 2. The van der Waals surface area contributed by atoms with Gasteiger partial charge in [0.2, 0.25) is 6.08 Å². The third-order valence-electron chi connectivity index (χ3n) is 2.10. The molecule has 1 N–H and O–H groups in total. The molecule has 0 radical (unpaired) electrons. The van der Waals surface area contributed by atoms with E-state index in [4.69, 9.17) is 9.84 Å². The van der Waals surface area contributed by atoms with E-state index in [1.54, 1.807) is 31.2 Å². The normalized spacial score (nSPS) is 9.25. The first-order valence-corrected chi connectivity index (χ1v) is 6.15. The highest BCUT2D eigenvalue weighted by molar-refractivity contribution is 5.89. The number of rotatable bonds is 5. The molecule has 0 heterocycles. The Morgan fingerprint density at radius 3 is 2.30 bits per heavy atom. The zero-order valence-electron chi connectivity index (χ0n) is 12.0. The number of aliphatic imine (C=N–C) groups is 1. The Labute approximate surface area is 118 Å². The molecule has 20 heavy (non-hydrogen) atoms. The van der Waals surface area contributed by atoms with Crippen LogP contribution in [0.1, 0.15) is 17.3 Å². The van der Waals surface area contributed by atoms with Gasteiger partial charge in [0.1, 0.15) is 0 Å². The second-order valence-corrected chi connectivity index (χ2v) is 4.00. The van der Waals surface area contributed by atoms with E-state index in [2.05, 4.69) is 4.99 Å². The van der Waals surface area contributed by atoms with Gasteiger partial charge in [-0.15, -0.1) is 0 Å². The minimum Gasteiger partial charge on any atom is -0.462 e. The molecule has 0 fully saturated rings. The zero-order valence-corrected chi connectivity index (χ0v) is 12.0. The number of likely N-dealkylation sites (N-methyl/N-ethyl adjacent to an activating group) is 1. The van der Waals surface area contributed by atoms with Gasteiger partial charge in [0.25, 0.3) is 0 Å². The average molecular weight is 280 g/mol. The quantitative estimate of drug-likeness (QED) is 0.500.